The number of hydrogen-bond acceptors (Lipinski definition) is 4. The Morgan fingerprint density at radius 2 is 1.52 bits per heavy atom. The van der Waals surface area contributed by atoms with Crippen LogP contribution in [0.5, 0.6) is 0 Å². The standard InChI is InChI=1S/C26H24F8N2O3S/c27-17-4-6-18(7-5-17)40(38,39)23-12-13-36(21(37)22(35)10-1-11-22)20(23)9-2-15-14-16(3-8-19(15)23)24(28,25(29,30)31)26(32,33)34/h3-8,14,20H,1-2,9-13,35H2/t20-,23-/m0/s1. The summed E-state index contributed by atoms with van der Waals surface area (Å²) in [6.07, 6.45) is -11.9. The summed E-state index contributed by atoms with van der Waals surface area (Å²) in [5.41, 5.74) is -2.72. The predicted molar refractivity (Wildman–Crippen MR) is 126 cm³/mol. The lowest BCUT2D eigenvalue weighted by atomic mass is 9.74. The van der Waals surface area contributed by atoms with Gasteiger partial charge in [-0.1, -0.05) is 18.2 Å². The first-order chi connectivity index (χ1) is 18.4. The lowest BCUT2D eigenvalue weighted by Crippen LogP contribution is -2.62. The van der Waals surface area contributed by atoms with E-state index in [-0.39, 0.29) is 41.8 Å². The van der Waals surface area contributed by atoms with Gasteiger partial charge in [0, 0.05) is 12.1 Å². The van der Waals surface area contributed by atoms with Crippen LogP contribution in [0.25, 0.3) is 0 Å². The molecule has 40 heavy (non-hydrogen) atoms. The molecule has 0 aromatic heterocycles. The molecule has 5 rings (SSSR count). The molecule has 2 fully saturated rings. The van der Waals surface area contributed by atoms with E-state index in [2.05, 4.69) is 0 Å². The highest BCUT2D eigenvalue weighted by atomic mass is 32.2. The third-order valence-corrected chi connectivity index (χ3v) is 11.1. The fourth-order valence-electron chi connectivity index (χ4n) is 6.35. The van der Waals surface area contributed by atoms with Crippen molar-refractivity contribution in [2.45, 2.75) is 77.8 Å². The third kappa shape index (κ3) is 3.81. The molecule has 2 N–H and O–H groups in total. The Morgan fingerprint density at radius 3 is 2.05 bits per heavy atom. The quantitative estimate of drug-likeness (QED) is 0.388. The molecule has 1 aliphatic heterocycles. The first kappa shape index (κ1) is 28.8. The minimum absolute atomic E-state index is 0.0950. The van der Waals surface area contributed by atoms with Gasteiger partial charge in [0.15, 0.2) is 9.84 Å². The van der Waals surface area contributed by atoms with Crippen molar-refractivity contribution in [3.8, 4) is 0 Å². The van der Waals surface area contributed by atoms with Gasteiger partial charge >= 0.3 is 18.0 Å². The van der Waals surface area contributed by atoms with Crippen LogP contribution in [0.1, 0.15) is 48.8 Å². The number of carbonyl (C=O) groups excluding carboxylic acids is 1. The molecule has 0 unspecified atom stereocenters. The summed E-state index contributed by atoms with van der Waals surface area (Å²) in [5.74, 6) is -1.23. The van der Waals surface area contributed by atoms with Crippen molar-refractivity contribution >= 4 is 15.7 Å². The van der Waals surface area contributed by atoms with E-state index < -0.39 is 61.5 Å². The summed E-state index contributed by atoms with van der Waals surface area (Å²) < 4.78 is 136. The second-order valence-corrected chi connectivity index (χ2v) is 12.9. The van der Waals surface area contributed by atoms with Crippen molar-refractivity contribution in [2.24, 2.45) is 5.73 Å². The van der Waals surface area contributed by atoms with Gasteiger partial charge in [-0.25, -0.2) is 17.2 Å². The van der Waals surface area contributed by atoms with Crippen LogP contribution in [0.2, 0.25) is 0 Å². The van der Waals surface area contributed by atoms with Crippen LogP contribution >= 0.6 is 0 Å². The molecule has 5 nitrogen and oxygen atoms in total. The van der Waals surface area contributed by atoms with Gasteiger partial charge < -0.3 is 10.6 Å². The Kier molecular flexibility index (Phi) is 6.39. The summed E-state index contributed by atoms with van der Waals surface area (Å²) in [4.78, 5) is 14.4. The number of halogens is 8. The molecule has 2 aliphatic carbocycles. The molecule has 2 aromatic carbocycles. The highest BCUT2D eigenvalue weighted by molar-refractivity contribution is 7.92. The summed E-state index contributed by atoms with van der Waals surface area (Å²) in [6, 6.07) is 4.22. The number of likely N-dealkylation sites (tertiary alicyclic amines) is 1. The molecule has 2 aromatic rings. The molecule has 0 radical (unpaired) electrons. The van der Waals surface area contributed by atoms with Crippen molar-refractivity contribution in [2.75, 3.05) is 6.54 Å². The normalized spacial score (nSPS) is 24.7. The Morgan fingerprint density at radius 1 is 0.925 bits per heavy atom. The Hall–Kier alpha value is -2.74. The number of amides is 1. The molecule has 1 saturated carbocycles. The smallest absolute Gasteiger partial charge is 0.336 e. The number of alkyl halides is 7. The monoisotopic (exact) mass is 596 g/mol. The first-order valence-electron chi connectivity index (χ1n) is 12.5. The second kappa shape index (κ2) is 8.88. The van der Waals surface area contributed by atoms with Gasteiger partial charge in [-0.3, -0.25) is 4.79 Å². The average Bonchev–Trinajstić information content (AvgIpc) is 3.26. The summed E-state index contributed by atoms with van der Waals surface area (Å²) in [7, 11) is -4.54. The summed E-state index contributed by atoms with van der Waals surface area (Å²) in [6.45, 7) is -0.0950. The summed E-state index contributed by atoms with van der Waals surface area (Å²) >= 11 is 0. The molecule has 218 valence electrons. The number of nitrogens with two attached hydrogens (primary N) is 1. The maximum absolute atomic E-state index is 14.9. The van der Waals surface area contributed by atoms with Crippen LogP contribution in [0.3, 0.4) is 0 Å². The van der Waals surface area contributed by atoms with Crippen LogP contribution in [0, 0.1) is 5.82 Å². The van der Waals surface area contributed by atoms with Gasteiger partial charge in [0.25, 0.3) is 0 Å². The van der Waals surface area contributed by atoms with Crippen molar-refractivity contribution in [1.82, 2.24) is 4.90 Å². The van der Waals surface area contributed by atoms with Crippen LogP contribution in [0.15, 0.2) is 47.4 Å². The zero-order chi connectivity index (χ0) is 29.5. The van der Waals surface area contributed by atoms with E-state index in [0.29, 0.717) is 31.4 Å². The maximum Gasteiger partial charge on any atom is 0.435 e. The highest BCUT2D eigenvalue weighted by Gasteiger charge is 2.74. The predicted octanol–water partition coefficient (Wildman–Crippen LogP) is 5.21. The lowest BCUT2D eigenvalue weighted by molar-refractivity contribution is -0.348. The molecule has 1 amide bonds. The first-order valence-corrected chi connectivity index (χ1v) is 13.9. The number of fused-ring (bicyclic) bond motifs is 3. The fourth-order valence-corrected chi connectivity index (χ4v) is 8.72. The van der Waals surface area contributed by atoms with E-state index in [4.69, 9.17) is 5.73 Å². The minimum Gasteiger partial charge on any atom is -0.336 e. The number of sulfone groups is 1. The Balaban J connectivity index is 1.70. The Bertz CT molecular complexity index is 1440. The minimum atomic E-state index is -6.34. The Labute approximate surface area is 224 Å². The van der Waals surface area contributed by atoms with Gasteiger partial charge in [0.05, 0.1) is 16.5 Å². The molecular weight excluding hydrogens is 572 g/mol. The molecule has 2 atom stereocenters. The highest BCUT2D eigenvalue weighted by Crippen LogP contribution is 2.57. The van der Waals surface area contributed by atoms with E-state index in [0.717, 1.165) is 30.3 Å². The van der Waals surface area contributed by atoms with E-state index in [1.807, 2.05) is 0 Å². The van der Waals surface area contributed by atoms with E-state index in [1.54, 1.807) is 0 Å². The zero-order valence-electron chi connectivity index (χ0n) is 20.7. The van der Waals surface area contributed by atoms with Crippen molar-refractivity contribution < 1.29 is 48.3 Å². The largest absolute Gasteiger partial charge is 0.435 e. The molecule has 3 aliphatic rings. The van der Waals surface area contributed by atoms with Crippen molar-refractivity contribution in [3.63, 3.8) is 0 Å². The van der Waals surface area contributed by atoms with Crippen LogP contribution in [-0.2, 0) is 31.5 Å². The molecular formula is C26H24F8N2O3S. The number of nitrogens with zero attached hydrogens (tertiary/aromatic N) is 1. The van der Waals surface area contributed by atoms with Gasteiger partial charge in [0.1, 0.15) is 10.6 Å². The molecule has 0 spiro atoms. The third-order valence-electron chi connectivity index (χ3n) is 8.60. The van der Waals surface area contributed by atoms with Gasteiger partial charge in [-0.2, -0.15) is 26.3 Å². The lowest BCUT2D eigenvalue weighted by Gasteiger charge is -2.46. The van der Waals surface area contributed by atoms with Crippen molar-refractivity contribution in [1.29, 1.82) is 0 Å². The van der Waals surface area contributed by atoms with Crippen LogP contribution in [-0.4, -0.2) is 49.7 Å². The maximum atomic E-state index is 14.9. The number of hydrogen-bond donors (Lipinski definition) is 1. The SMILES string of the molecule is NC1(C(=O)N2CC[C@]3(S(=O)(=O)c4ccc(F)cc4)c4ccc(C(F)(C(F)(F)F)C(F)(F)F)cc4CC[C@H]23)CCC1. The number of rotatable bonds is 4. The van der Waals surface area contributed by atoms with Crippen LogP contribution < -0.4 is 5.73 Å². The van der Waals surface area contributed by atoms with E-state index in [1.165, 1.54) is 4.90 Å². The summed E-state index contributed by atoms with van der Waals surface area (Å²) in [5, 5.41) is 0. The molecule has 1 heterocycles. The van der Waals surface area contributed by atoms with Gasteiger partial charge in [0.2, 0.25) is 5.91 Å². The topological polar surface area (TPSA) is 80.5 Å². The van der Waals surface area contributed by atoms with Crippen LogP contribution in [0.4, 0.5) is 35.1 Å². The average molecular weight is 597 g/mol. The second-order valence-electron chi connectivity index (χ2n) is 10.7. The van der Waals surface area contributed by atoms with Gasteiger partial charge in [-0.15, -0.1) is 0 Å². The van der Waals surface area contributed by atoms with Crippen molar-refractivity contribution in [3.05, 3.63) is 65.0 Å². The number of benzene rings is 2. The molecule has 14 heteroatoms. The zero-order valence-corrected chi connectivity index (χ0v) is 21.6. The fraction of sp³-hybridized carbons (Fsp3) is 0.500. The number of carbonyl (C=O) groups is 1. The molecule has 1 saturated heterocycles. The van der Waals surface area contributed by atoms with E-state index in [9.17, 15) is 48.3 Å². The van der Waals surface area contributed by atoms with Gasteiger partial charge in [-0.05, 0) is 73.9 Å². The van der Waals surface area contributed by atoms with E-state index >= 15 is 0 Å². The number of aryl methyl sites for hydroxylation is 1. The molecule has 0 bridgehead atoms.